The van der Waals surface area contributed by atoms with Crippen LogP contribution in [0.1, 0.15) is 29.0 Å². The number of carboxylic acids is 1. The zero-order valence-electron chi connectivity index (χ0n) is 16.0. The van der Waals surface area contributed by atoms with Crippen molar-refractivity contribution in [2.45, 2.75) is 19.8 Å². The maximum absolute atomic E-state index is 13.1. The summed E-state index contributed by atoms with van der Waals surface area (Å²) < 4.78 is 1.64. The first-order valence-corrected chi connectivity index (χ1v) is 9.82. The van der Waals surface area contributed by atoms with Gasteiger partial charge in [-0.1, -0.05) is 11.3 Å². The van der Waals surface area contributed by atoms with Crippen molar-refractivity contribution in [3.8, 4) is 5.69 Å². The van der Waals surface area contributed by atoms with Crippen LogP contribution < -0.4 is 0 Å². The molecule has 8 heteroatoms. The molecule has 1 aliphatic heterocycles. The summed E-state index contributed by atoms with van der Waals surface area (Å²) in [5.74, 6) is -1.08. The van der Waals surface area contributed by atoms with Gasteiger partial charge in [0.2, 0.25) is 0 Å². The number of rotatable bonds is 4. The molecule has 5 rings (SSSR count). The Labute approximate surface area is 167 Å². The van der Waals surface area contributed by atoms with Crippen LogP contribution in [0.25, 0.3) is 16.6 Å². The highest BCUT2D eigenvalue weighted by Gasteiger charge is 2.47. The van der Waals surface area contributed by atoms with Crippen LogP contribution in [0.15, 0.2) is 36.5 Å². The van der Waals surface area contributed by atoms with Gasteiger partial charge in [0.25, 0.3) is 5.91 Å². The molecule has 0 bridgehead atoms. The highest BCUT2D eigenvalue weighted by Crippen LogP contribution is 2.44. The molecule has 0 radical (unpaired) electrons. The number of carbonyl (C=O) groups excluding carboxylic acids is 1. The number of fused-ring (bicyclic) bond motifs is 1. The molecule has 0 spiro atoms. The molecule has 3 aromatic rings. The third-order valence-corrected chi connectivity index (χ3v) is 6.13. The summed E-state index contributed by atoms with van der Waals surface area (Å²) in [5, 5.41) is 18.8. The summed E-state index contributed by atoms with van der Waals surface area (Å²) in [5.41, 5.74) is 2.60. The average molecular weight is 391 g/mol. The number of hydrogen-bond donors (Lipinski definition) is 1. The van der Waals surface area contributed by atoms with Crippen molar-refractivity contribution in [3.05, 3.63) is 47.9 Å². The Bertz CT molecular complexity index is 1120. The van der Waals surface area contributed by atoms with Crippen molar-refractivity contribution in [2.24, 2.45) is 17.8 Å². The van der Waals surface area contributed by atoms with Gasteiger partial charge in [0.15, 0.2) is 5.69 Å². The van der Waals surface area contributed by atoms with Crippen LogP contribution in [0, 0.1) is 24.7 Å². The summed E-state index contributed by atoms with van der Waals surface area (Å²) in [4.78, 5) is 30.7. The van der Waals surface area contributed by atoms with Crippen LogP contribution in [-0.2, 0) is 4.79 Å². The van der Waals surface area contributed by atoms with E-state index in [9.17, 15) is 14.7 Å². The highest BCUT2D eigenvalue weighted by molar-refractivity contribution is 5.94. The van der Waals surface area contributed by atoms with Gasteiger partial charge in [0.1, 0.15) is 0 Å². The van der Waals surface area contributed by atoms with E-state index in [1.54, 1.807) is 15.8 Å². The van der Waals surface area contributed by atoms with Crippen molar-refractivity contribution in [3.63, 3.8) is 0 Å². The third-order valence-electron chi connectivity index (χ3n) is 6.13. The summed E-state index contributed by atoms with van der Waals surface area (Å²) in [7, 11) is 0. The highest BCUT2D eigenvalue weighted by atomic mass is 16.4. The lowest BCUT2D eigenvalue weighted by Crippen LogP contribution is -2.30. The second-order valence-corrected chi connectivity index (χ2v) is 7.97. The van der Waals surface area contributed by atoms with E-state index in [1.807, 2.05) is 37.3 Å². The lowest BCUT2D eigenvalue weighted by molar-refractivity contribution is -0.142. The summed E-state index contributed by atoms with van der Waals surface area (Å²) in [6.45, 7) is 2.53. The SMILES string of the molecule is Cc1c(C(=O)N2C[C@H](C(=O)O)[C@@H](C3CC3)C2)nnn1-c1ccc2ncccc2c1. The van der Waals surface area contributed by atoms with Crippen LogP contribution in [0.4, 0.5) is 0 Å². The van der Waals surface area contributed by atoms with Crippen LogP contribution in [0.3, 0.4) is 0 Å². The minimum atomic E-state index is -0.817. The molecule has 2 atom stereocenters. The van der Waals surface area contributed by atoms with Crippen LogP contribution in [0.5, 0.6) is 0 Å². The van der Waals surface area contributed by atoms with Gasteiger partial charge in [-0.05, 0) is 55.9 Å². The van der Waals surface area contributed by atoms with Crippen molar-refractivity contribution in [1.29, 1.82) is 0 Å². The van der Waals surface area contributed by atoms with E-state index in [-0.39, 0.29) is 24.1 Å². The number of carboxylic acid groups (broad SMARTS) is 1. The van der Waals surface area contributed by atoms with E-state index in [0.29, 0.717) is 18.2 Å². The molecule has 8 nitrogen and oxygen atoms in total. The fourth-order valence-electron chi connectivity index (χ4n) is 4.37. The number of pyridine rings is 1. The summed E-state index contributed by atoms with van der Waals surface area (Å²) in [6, 6.07) is 9.60. The number of benzene rings is 1. The smallest absolute Gasteiger partial charge is 0.308 e. The van der Waals surface area contributed by atoms with Gasteiger partial charge in [-0.15, -0.1) is 5.10 Å². The van der Waals surface area contributed by atoms with E-state index in [4.69, 9.17) is 0 Å². The molecule has 3 heterocycles. The van der Waals surface area contributed by atoms with Crippen LogP contribution in [-0.4, -0.2) is 55.0 Å². The average Bonchev–Trinajstić information content (AvgIpc) is 3.35. The lowest BCUT2D eigenvalue weighted by atomic mass is 9.92. The number of amides is 1. The lowest BCUT2D eigenvalue weighted by Gasteiger charge is -2.15. The Hall–Kier alpha value is -3.29. The van der Waals surface area contributed by atoms with E-state index in [2.05, 4.69) is 15.3 Å². The second-order valence-electron chi connectivity index (χ2n) is 7.97. The summed E-state index contributed by atoms with van der Waals surface area (Å²) in [6.07, 6.45) is 3.86. The third kappa shape index (κ3) is 3.04. The Kier molecular flexibility index (Phi) is 4.08. The molecular formula is C21H21N5O3. The number of nitrogens with zero attached hydrogens (tertiary/aromatic N) is 5. The molecule has 1 saturated heterocycles. The van der Waals surface area contributed by atoms with Gasteiger partial charge in [0, 0.05) is 24.7 Å². The van der Waals surface area contributed by atoms with Gasteiger partial charge in [-0.25, -0.2) is 4.68 Å². The molecule has 1 N–H and O–H groups in total. The van der Waals surface area contributed by atoms with Gasteiger partial charge in [-0.2, -0.15) is 0 Å². The molecule has 1 amide bonds. The molecule has 148 valence electrons. The predicted molar refractivity (Wildman–Crippen MR) is 105 cm³/mol. The minimum absolute atomic E-state index is 0.0415. The van der Waals surface area contributed by atoms with E-state index >= 15 is 0 Å². The Morgan fingerprint density at radius 3 is 2.76 bits per heavy atom. The topological polar surface area (TPSA) is 101 Å². The van der Waals surface area contributed by atoms with Gasteiger partial charge in [-0.3, -0.25) is 14.6 Å². The first kappa shape index (κ1) is 17.8. The Morgan fingerprint density at radius 2 is 2.00 bits per heavy atom. The van der Waals surface area contributed by atoms with Crippen molar-refractivity contribution in [1.82, 2.24) is 24.9 Å². The first-order chi connectivity index (χ1) is 14.0. The molecule has 2 fully saturated rings. The number of aromatic nitrogens is 4. The molecule has 0 unspecified atom stereocenters. The first-order valence-electron chi connectivity index (χ1n) is 9.82. The fraction of sp³-hybridized carbons (Fsp3) is 0.381. The van der Waals surface area contributed by atoms with Crippen molar-refractivity contribution < 1.29 is 14.7 Å². The standard InChI is InChI=1S/C21H21N5O3/c1-12-19(20(27)25-10-16(13-4-5-13)17(11-25)21(28)29)23-24-26(12)15-6-7-18-14(9-15)3-2-8-22-18/h2-3,6-9,13,16-17H,4-5,10-11H2,1H3,(H,28,29)/t16-,17+/m1/s1. The molecule has 1 saturated carbocycles. The summed E-state index contributed by atoms with van der Waals surface area (Å²) >= 11 is 0. The van der Waals surface area contributed by atoms with Gasteiger partial charge in [0.05, 0.1) is 22.8 Å². The van der Waals surface area contributed by atoms with Crippen molar-refractivity contribution in [2.75, 3.05) is 13.1 Å². The maximum Gasteiger partial charge on any atom is 0.308 e. The largest absolute Gasteiger partial charge is 0.481 e. The van der Waals surface area contributed by atoms with E-state index < -0.39 is 11.9 Å². The quantitative estimate of drug-likeness (QED) is 0.732. The van der Waals surface area contributed by atoms with Gasteiger partial charge < -0.3 is 10.0 Å². The van der Waals surface area contributed by atoms with E-state index in [0.717, 1.165) is 29.4 Å². The number of hydrogen-bond acceptors (Lipinski definition) is 5. The zero-order valence-corrected chi connectivity index (χ0v) is 16.0. The molecule has 2 aromatic heterocycles. The van der Waals surface area contributed by atoms with Crippen molar-refractivity contribution >= 4 is 22.8 Å². The predicted octanol–water partition coefficient (Wildman–Crippen LogP) is 2.31. The molecular weight excluding hydrogens is 370 g/mol. The number of likely N-dealkylation sites (tertiary alicyclic amines) is 1. The minimum Gasteiger partial charge on any atom is -0.481 e. The van der Waals surface area contributed by atoms with Gasteiger partial charge >= 0.3 is 5.97 Å². The number of aliphatic carboxylic acids is 1. The zero-order chi connectivity index (χ0) is 20.1. The number of carbonyl (C=O) groups is 2. The molecule has 1 aliphatic carbocycles. The maximum atomic E-state index is 13.1. The molecule has 29 heavy (non-hydrogen) atoms. The Morgan fingerprint density at radius 1 is 1.17 bits per heavy atom. The molecule has 1 aromatic carbocycles. The monoisotopic (exact) mass is 391 g/mol. The fourth-order valence-corrected chi connectivity index (χ4v) is 4.37. The van der Waals surface area contributed by atoms with Crippen LogP contribution >= 0.6 is 0 Å². The van der Waals surface area contributed by atoms with Crippen LogP contribution in [0.2, 0.25) is 0 Å². The second kappa shape index (κ2) is 6.65. The normalized spacial score (nSPS) is 21.6. The molecule has 2 aliphatic rings. The Balaban J connectivity index is 1.43. The van der Waals surface area contributed by atoms with E-state index in [1.165, 1.54) is 0 Å².